The van der Waals surface area contributed by atoms with Crippen molar-refractivity contribution in [2.24, 2.45) is 5.92 Å². The van der Waals surface area contributed by atoms with Crippen LogP contribution in [0.5, 0.6) is 0 Å². The van der Waals surface area contributed by atoms with Crippen LogP contribution in [0.15, 0.2) is 40.3 Å². The normalized spacial score (nSPS) is 16.4. The number of hydrogen-bond acceptors (Lipinski definition) is 5. The summed E-state index contributed by atoms with van der Waals surface area (Å²) in [6.45, 7) is 4.31. The van der Waals surface area contributed by atoms with Crippen LogP contribution in [0, 0.1) is 5.92 Å². The van der Waals surface area contributed by atoms with Crippen LogP contribution in [-0.4, -0.2) is 21.1 Å². The van der Waals surface area contributed by atoms with Gasteiger partial charge in [-0.05, 0) is 43.2 Å². The number of rotatable bonds is 5. The average molecular weight is 399 g/mol. The Kier molecular flexibility index (Phi) is 5.19. The molecule has 4 rings (SSSR count). The van der Waals surface area contributed by atoms with E-state index in [2.05, 4.69) is 6.92 Å². The molecule has 4 nitrogen and oxygen atoms in total. The van der Waals surface area contributed by atoms with E-state index >= 15 is 0 Å². The van der Waals surface area contributed by atoms with Crippen molar-refractivity contribution < 1.29 is 4.79 Å². The first-order valence-electron chi connectivity index (χ1n) is 9.24. The lowest BCUT2D eigenvalue weighted by atomic mass is 9.89. The van der Waals surface area contributed by atoms with Crippen LogP contribution >= 0.6 is 23.1 Å². The van der Waals surface area contributed by atoms with Crippen molar-refractivity contribution in [3.05, 3.63) is 56.7 Å². The zero-order valence-electron chi connectivity index (χ0n) is 15.5. The Balaban J connectivity index is 1.86. The third kappa shape index (κ3) is 3.73. The highest BCUT2D eigenvalue weighted by Gasteiger charge is 2.24. The second kappa shape index (κ2) is 7.60. The molecule has 140 valence electrons. The number of hydrogen-bond donors (Lipinski definition) is 0. The Hall–Kier alpha value is -1.92. The minimum atomic E-state index is 0.0296. The van der Waals surface area contributed by atoms with Crippen LogP contribution in [-0.2, 0) is 24.2 Å². The maximum absolute atomic E-state index is 13.4. The molecule has 3 aromatic rings. The van der Waals surface area contributed by atoms with Crippen molar-refractivity contribution in [3.8, 4) is 0 Å². The fourth-order valence-corrected chi connectivity index (χ4v) is 5.81. The molecule has 0 saturated heterocycles. The summed E-state index contributed by atoms with van der Waals surface area (Å²) in [7, 11) is 0. The number of thioether (sulfide) groups is 1. The summed E-state index contributed by atoms with van der Waals surface area (Å²) >= 11 is 3.02. The van der Waals surface area contributed by atoms with Gasteiger partial charge in [0.2, 0.25) is 0 Å². The molecule has 0 aliphatic heterocycles. The van der Waals surface area contributed by atoms with Gasteiger partial charge in [-0.3, -0.25) is 14.2 Å². The molecule has 27 heavy (non-hydrogen) atoms. The van der Waals surface area contributed by atoms with Gasteiger partial charge in [0.1, 0.15) is 10.6 Å². The maximum atomic E-state index is 13.4. The van der Waals surface area contributed by atoms with E-state index in [0.29, 0.717) is 23.4 Å². The predicted octanol–water partition coefficient (Wildman–Crippen LogP) is 4.31. The van der Waals surface area contributed by atoms with E-state index in [0.717, 1.165) is 35.0 Å². The highest BCUT2D eigenvalue weighted by atomic mass is 32.2. The minimum Gasteiger partial charge on any atom is -0.299 e. The van der Waals surface area contributed by atoms with Gasteiger partial charge < -0.3 is 0 Å². The molecule has 0 radical (unpaired) electrons. The molecular formula is C21H22N2O2S2. The number of nitrogens with zero attached hydrogens (tertiary/aromatic N) is 2. The molecule has 1 aromatic carbocycles. The fraction of sp³-hybridized carbons (Fsp3) is 0.381. The van der Waals surface area contributed by atoms with Crippen molar-refractivity contribution >= 4 is 39.1 Å². The summed E-state index contributed by atoms with van der Waals surface area (Å²) in [6, 6.07) is 9.95. The van der Waals surface area contributed by atoms with Gasteiger partial charge in [-0.25, -0.2) is 4.98 Å². The van der Waals surface area contributed by atoms with Gasteiger partial charge in [0.15, 0.2) is 5.16 Å². The first-order valence-corrected chi connectivity index (χ1v) is 11.0. The molecular weight excluding hydrogens is 376 g/mol. The zero-order chi connectivity index (χ0) is 19.0. The first kappa shape index (κ1) is 18.4. The minimum absolute atomic E-state index is 0.0296. The van der Waals surface area contributed by atoms with Gasteiger partial charge in [-0.15, -0.1) is 11.3 Å². The molecule has 0 spiro atoms. The smallest absolute Gasteiger partial charge is 0.263 e. The summed E-state index contributed by atoms with van der Waals surface area (Å²) in [6.07, 6.45) is 3.11. The Morgan fingerprint density at radius 1 is 1.33 bits per heavy atom. The van der Waals surface area contributed by atoms with Crippen molar-refractivity contribution in [1.29, 1.82) is 0 Å². The van der Waals surface area contributed by atoms with Crippen LogP contribution in [0.4, 0.5) is 0 Å². The summed E-state index contributed by atoms with van der Waals surface area (Å²) in [5, 5.41) is 1.43. The number of thiophene rings is 1. The Labute approximate surface area is 166 Å². The molecule has 2 heterocycles. The molecule has 6 heteroatoms. The standard InChI is InChI=1S/C21H22N2O2S2/c1-13-8-9-16-17(10-13)27-19-18(16)20(25)23(11-15-6-4-3-5-7-15)21(22-19)26-12-14(2)24/h3-7,13H,8-12H2,1-2H3/t13-/m0/s1. The molecule has 1 aliphatic carbocycles. The van der Waals surface area contributed by atoms with Crippen LogP contribution < -0.4 is 5.56 Å². The highest BCUT2D eigenvalue weighted by Crippen LogP contribution is 2.36. The number of benzene rings is 1. The van der Waals surface area contributed by atoms with Gasteiger partial charge in [-0.1, -0.05) is 49.0 Å². The molecule has 0 saturated carbocycles. The lowest BCUT2D eigenvalue weighted by Crippen LogP contribution is -2.25. The van der Waals surface area contributed by atoms with Crippen LogP contribution in [0.25, 0.3) is 10.2 Å². The Bertz CT molecular complexity index is 1050. The van der Waals surface area contributed by atoms with Crippen LogP contribution in [0.1, 0.15) is 36.3 Å². The molecule has 2 aromatic heterocycles. The zero-order valence-corrected chi connectivity index (χ0v) is 17.2. The van der Waals surface area contributed by atoms with Crippen molar-refractivity contribution in [3.63, 3.8) is 0 Å². The monoisotopic (exact) mass is 398 g/mol. The molecule has 0 unspecified atom stereocenters. The number of carbonyl (C=O) groups excluding carboxylic acids is 1. The fourth-order valence-electron chi connectivity index (χ4n) is 3.59. The van der Waals surface area contributed by atoms with Gasteiger partial charge in [-0.2, -0.15) is 0 Å². The van der Waals surface area contributed by atoms with E-state index in [-0.39, 0.29) is 11.3 Å². The summed E-state index contributed by atoms with van der Waals surface area (Å²) in [5.74, 6) is 1.07. The van der Waals surface area contributed by atoms with E-state index < -0.39 is 0 Å². The molecule has 0 N–H and O–H groups in total. The molecule has 1 aliphatic rings. The first-order chi connectivity index (χ1) is 13.0. The van der Waals surface area contributed by atoms with Crippen LogP contribution in [0.2, 0.25) is 0 Å². The second-order valence-electron chi connectivity index (χ2n) is 7.29. The van der Waals surface area contributed by atoms with Crippen molar-refractivity contribution in [1.82, 2.24) is 9.55 Å². The Morgan fingerprint density at radius 3 is 2.85 bits per heavy atom. The third-order valence-corrected chi connectivity index (χ3v) is 7.24. The number of aromatic nitrogens is 2. The van der Waals surface area contributed by atoms with E-state index in [1.54, 1.807) is 22.8 Å². The quantitative estimate of drug-likeness (QED) is 0.475. The van der Waals surface area contributed by atoms with E-state index in [9.17, 15) is 9.59 Å². The van der Waals surface area contributed by atoms with Gasteiger partial charge in [0.25, 0.3) is 5.56 Å². The maximum Gasteiger partial charge on any atom is 0.263 e. The van der Waals surface area contributed by atoms with Gasteiger partial charge >= 0.3 is 0 Å². The van der Waals surface area contributed by atoms with Crippen molar-refractivity contribution in [2.45, 2.75) is 44.8 Å². The molecule has 0 amide bonds. The summed E-state index contributed by atoms with van der Waals surface area (Å²) in [4.78, 5) is 31.9. The lowest BCUT2D eigenvalue weighted by molar-refractivity contribution is -0.114. The predicted molar refractivity (Wildman–Crippen MR) is 112 cm³/mol. The number of carbonyl (C=O) groups is 1. The summed E-state index contributed by atoms with van der Waals surface area (Å²) in [5.41, 5.74) is 2.29. The molecule has 0 fully saturated rings. The average Bonchev–Trinajstić information content (AvgIpc) is 3.00. The lowest BCUT2D eigenvalue weighted by Gasteiger charge is -2.17. The molecule has 1 atom stereocenters. The highest BCUT2D eigenvalue weighted by molar-refractivity contribution is 7.99. The number of aryl methyl sites for hydroxylation is 1. The third-order valence-electron chi connectivity index (χ3n) is 4.97. The second-order valence-corrected chi connectivity index (χ2v) is 9.32. The van der Waals surface area contributed by atoms with E-state index in [1.165, 1.54) is 22.2 Å². The SMILES string of the molecule is CC(=O)CSc1nc2sc3c(c2c(=O)n1Cc1ccccc1)CC[C@H](C)C3. The molecule has 0 bridgehead atoms. The van der Waals surface area contributed by atoms with Gasteiger partial charge in [0, 0.05) is 4.88 Å². The Morgan fingerprint density at radius 2 is 2.11 bits per heavy atom. The topological polar surface area (TPSA) is 52.0 Å². The van der Waals surface area contributed by atoms with Crippen LogP contribution in [0.3, 0.4) is 0 Å². The summed E-state index contributed by atoms with van der Waals surface area (Å²) < 4.78 is 1.75. The number of fused-ring (bicyclic) bond motifs is 3. The van der Waals surface area contributed by atoms with Gasteiger partial charge in [0.05, 0.1) is 17.7 Å². The van der Waals surface area contributed by atoms with E-state index in [1.807, 2.05) is 30.3 Å². The largest absolute Gasteiger partial charge is 0.299 e. The number of ketones is 1. The van der Waals surface area contributed by atoms with E-state index in [4.69, 9.17) is 4.98 Å². The number of Topliss-reactive ketones (excluding diaryl/α,β-unsaturated/α-hetero) is 1. The van der Waals surface area contributed by atoms with Crippen molar-refractivity contribution in [2.75, 3.05) is 5.75 Å².